The van der Waals surface area contributed by atoms with Crippen molar-refractivity contribution in [3.05, 3.63) is 34.1 Å². The zero-order valence-corrected chi connectivity index (χ0v) is 9.11. The normalized spacial score (nSPS) is 10.7. The van der Waals surface area contributed by atoms with Gasteiger partial charge in [0.1, 0.15) is 11.3 Å². The fourth-order valence-corrected chi connectivity index (χ4v) is 1.65. The summed E-state index contributed by atoms with van der Waals surface area (Å²) in [4.78, 5) is 24.5. The van der Waals surface area contributed by atoms with Crippen LogP contribution < -0.4 is 0 Å². The van der Waals surface area contributed by atoms with Gasteiger partial charge in [-0.1, -0.05) is 6.07 Å². The van der Waals surface area contributed by atoms with Gasteiger partial charge >= 0.3 is 5.97 Å². The molecule has 1 aromatic carbocycles. The molecule has 0 unspecified atom stereocenters. The quantitative estimate of drug-likeness (QED) is 0.478. The molecule has 0 bridgehead atoms. The van der Waals surface area contributed by atoms with Crippen molar-refractivity contribution in [2.45, 2.75) is 12.8 Å². The highest BCUT2D eigenvalue weighted by Gasteiger charge is 2.19. The summed E-state index contributed by atoms with van der Waals surface area (Å²) in [6, 6.07) is 4.17. The Kier molecular flexibility index (Phi) is 2.84. The lowest BCUT2D eigenvalue weighted by Crippen LogP contribution is -2.03. The SMILES string of the molecule is O=C(O)CCc1nc2c([N+](=O)[O-])cccc2n1O. The van der Waals surface area contributed by atoms with Crippen LogP contribution >= 0.6 is 0 Å². The third-order valence-corrected chi connectivity index (χ3v) is 2.47. The molecule has 2 N–H and O–H groups in total. The van der Waals surface area contributed by atoms with Gasteiger partial charge in [-0.25, -0.2) is 4.98 Å². The summed E-state index contributed by atoms with van der Waals surface area (Å²) in [6.07, 6.45) is -0.213. The zero-order chi connectivity index (χ0) is 13.3. The number of aromatic nitrogens is 2. The van der Waals surface area contributed by atoms with Crippen molar-refractivity contribution in [2.24, 2.45) is 0 Å². The number of hydrogen-bond acceptors (Lipinski definition) is 5. The predicted molar refractivity (Wildman–Crippen MR) is 59.5 cm³/mol. The highest BCUT2D eigenvalue weighted by atomic mass is 16.6. The average Bonchev–Trinajstić information content (AvgIpc) is 2.63. The lowest BCUT2D eigenvalue weighted by atomic mass is 10.3. The van der Waals surface area contributed by atoms with Crippen molar-refractivity contribution in [2.75, 3.05) is 0 Å². The first kappa shape index (κ1) is 11.8. The number of non-ortho nitro benzene ring substituents is 1. The third kappa shape index (κ3) is 1.95. The Labute approximate surface area is 100 Å². The number of nitro groups is 1. The zero-order valence-electron chi connectivity index (χ0n) is 9.11. The molecule has 1 heterocycles. The summed E-state index contributed by atoms with van der Waals surface area (Å²) in [5.41, 5.74) is 0.00634. The molecule has 0 saturated carbocycles. The van der Waals surface area contributed by atoms with Crippen LogP contribution in [0.25, 0.3) is 11.0 Å². The molecular weight excluding hydrogens is 242 g/mol. The molecule has 0 radical (unpaired) electrons. The highest BCUT2D eigenvalue weighted by molar-refractivity contribution is 5.85. The first-order chi connectivity index (χ1) is 8.50. The number of hydrogen-bond donors (Lipinski definition) is 2. The van der Waals surface area contributed by atoms with Crippen LogP contribution in [0.4, 0.5) is 5.69 Å². The Morgan fingerprint density at radius 3 is 2.83 bits per heavy atom. The number of aliphatic carboxylic acids is 1. The first-order valence-corrected chi connectivity index (χ1v) is 5.06. The molecule has 0 amide bonds. The number of imidazole rings is 1. The van der Waals surface area contributed by atoms with E-state index < -0.39 is 10.9 Å². The molecular formula is C10H9N3O5. The minimum absolute atomic E-state index is 0.00231. The fraction of sp³-hybridized carbons (Fsp3) is 0.200. The van der Waals surface area contributed by atoms with Gasteiger partial charge < -0.3 is 10.3 Å². The molecule has 0 saturated heterocycles. The second-order valence-electron chi connectivity index (χ2n) is 3.64. The van der Waals surface area contributed by atoms with E-state index in [-0.39, 0.29) is 35.4 Å². The van der Waals surface area contributed by atoms with Crippen LogP contribution in [0.5, 0.6) is 0 Å². The Hall–Kier alpha value is -2.64. The fourth-order valence-electron chi connectivity index (χ4n) is 1.65. The van der Waals surface area contributed by atoms with Crippen LogP contribution in [-0.4, -0.2) is 30.9 Å². The molecule has 0 fully saturated rings. The lowest BCUT2D eigenvalue weighted by Gasteiger charge is -1.97. The van der Waals surface area contributed by atoms with Crippen LogP contribution in [0.3, 0.4) is 0 Å². The van der Waals surface area contributed by atoms with Gasteiger partial charge in [0.25, 0.3) is 5.69 Å². The van der Waals surface area contributed by atoms with Gasteiger partial charge in [0.15, 0.2) is 5.52 Å². The minimum atomic E-state index is -1.03. The second-order valence-corrected chi connectivity index (χ2v) is 3.64. The molecule has 8 nitrogen and oxygen atoms in total. The van der Waals surface area contributed by atoms with Gasteiger partial charge in [-0.2, -0.15) is 4.73 Å². The van der Waals surface area contributed by atoms with Crippen molar-refractivity contribution in [3.63, 3.8) is 0 Å². The van der Waals surface area contributed by atoms with E-state index in [0.29, 0.717) is 4.73 Å². The molecule has 94 valence electrons. The van der Waals surface area contributed by atoms with Gasteiger partial charge in [-0.3, -0.25) is 14.9 Å². The number of para-hydroxylation sites is 1. The summed E-state index contributed by atoms with van der Waals surface area (Å²) in [7, 11) is 0. The Morgan fingerprint density at radius 1 is 1.50 bits per heavy atom. The maximum atomic E-state index is 10.8. The van der Waals surface area contributed by atoms with E-state index in [1.165, 1.54) is 18.2 Å². The molecule has 0 spiro atoms. The largest absolute Gasteiger partial charge is 0.481 e. The van der Waals surface area contributed by atoms with Gasteiger partial charge in [-0.05, 0) is 6.07 Å². The monoisotopic (exact) mass is 251 g/mol. The topological polar surface area (TPSA) is 118 Å². The number of nitrogens with zero attached hydrogens (tertiary/aromatic N) is 3. The van der Waals surface area contributed by atoms with Crippen LogP contribution in [0.2, 0.25) is 0 Å². The number of carboxylic acid groups (broad SMARTS) is 1. The minimum Gasteiger partial charge on any atom is -0.481 e. The number of aryl methyl sites for hydroxylation is 1. The van der Waals surface area contributed by atoms with E-state index in [4.69, 9.17) is 5.11 Å². The maximum Gasteiger partial charge on any atom is 0.303 e. The van der Waals surface area contributed by atoms with E-state index in [0.717, 1.165) is 0 Å². The summed E-state index contributed by atoms with van der Waals surface area (Å²) < 4.78 is 0.686. The number of benzene rings is 1. The summed E-state index contributed by atoms with van der Waals surface area (Å²) >= 11 is 0. The van der Waals surface area contributed by atoms with E-state index in [9.17, 15) is 20.1 Å². The van der Waals surface area contributed by atoms with E-state index >= 15 is 0 Å². The standard InChI is InChI=1S/C10H9N3O5/c14-9(15)5-4-8-11-10-6(12(8)16)2-1-3-7(10)13(17)18/h1-3,16H,4-5H2,(H,14,15). The van der Waals surface area contributed by atoms with Crippen LogP contribution in [-0.2, 0) is 11.2 Å². The highest BCUT2D eigenvalue weighted by Crippen LogP contribution is 2.25. The van der Waals surface area contributed by atoms with Crippen molar-refractivity contribution in [1.29, 1.82) is 0 Å². The molecule has 0 atom stereocenters. The van der Waals surface area contributed by atoms with E-state index in [1.807, 2.05) is 0 Å². The van der Waals surface area contributed by atoms with Crippen molar-refractivity contribution in [1.82, 2.24) is 9.71 Å². The summed E-state index contributed by atoms with van der Waals surface area (Å²) in [6.45, 7) is 0. The molecule has 8 heteroatoms. The van der Waals surface area contributed by atoms with E-state index in [2.05, 4.69) is 4.98 Å². The second kappa shape index (κ2) is 4.32. The maximum absolute atomic E-state index is 10.8. The number of nitro benzene ring substituents is 1. The summed E-state index contributed by atoms with van der Waals surface area (Å²) in [5, 5.41) is 29.1. The molecule has 0 aliphatic rings. The van der Waals surface area contributed by atoms with Crippen LogP contribution in [0.15, 0.2) is 18.2 Å². The Balaban J connectivity index is 2.51. The van der Waals surface area contributed by atoms with Gasteiger partial charge in [-0.15, -0.1) is 0 Å². The van der Waals surface area contributed by atoms with Crippen molar-refractivity contribution < 1.29 is 20.0 Å². The number of rotatable bonds is 4. The smallest absolute Gasteiger partial charge is 0.303 e. The number of carbonyl (C=O) groups is 1. The lowest BCUT2D eigenvalue weighted by molar-refractivity contribution is -0.383. The molecule has 1 aromatic heterocycles. The Bertz CT molecular complexity index is 634. The average molecular weight is 251 g/mol. The number of carboxylic acids is 1. The molecule has 0 aliphatic heterocycles. The van der Waals surface area contributed by atoms with Gasteiger partial charge in [0.2, 0.25) is 0 Å². The molecule has 0 aliphatic carbocycles. The number of fused-ring (bicyclic) bond motifs is 1. The van der Waals surface area contributed by atoms with Gasteiger partial charge in [0.05, 0.1) is 11.3 Å². The molecule has 18 heavy (non-hydrogen) atoms. The van der Waals surface area contributed by atoms with Crippen LogP contribution in [0.1, 0.15) is 12.2 Å². The predicted octanol–water partition coefficient (Wildman–Crippen LogP) is 1.20. The third-order valence-electron chi connectivity index (χ3n) is 2.47. The van der Waals surface area contributed by atoms with Crippen molar-refractivity contribution >= 4 is 22.7 Å². The van der Waals surface area contributed by atoms with Gasteiger partial charge in [0, 0.05) is 12.5 Å². The first-order valence-electron chi connectivity index (χ1n) is 5.06. The van der Waals surface area contributed by atoms with Crippen LogP contribution in [0, 0.1) is 10.1 Å². The molecule has 2 aromatic rings. The Morgan fingerprint density at radius 2 is 2.22 bits per heavy atom. The summed E-state index contributed by atoms with van der Waals surface area (Å²) in [5.74, 6) is -0.946. The van der Waals surface area contributed by atoms with E-state index in [1.54, 1.807) is 0 Å². The van der Waals surface area contributed by atoms with Crippen molar-refractivity contribution in [3.8, 4) is 0 Å². The molecule has 2 rings (SSSR count).